The molecule has 0 atom stereocenters. The number of aromatic nitrogens is 1. The summed E-state index contributed by atoms with van der Waals surface area (Å²) in [6, 6.07) is 7.82. The smallest absolute Gasteiger partial charge is 0.341 e. The molecule has 0 N–H and O–H groups in total. The second kappa shape index (κ2) is 2.80. The molecule has 0 aliphatic heterocycles. The van der Waals surface area contributed by atoms with E-state index >= 15 is 0 Å². The van der Waals surface area contributed by atoms with Crippen LogP contribution in [0.1, 0.15) is 0 Å². The van der Waals surface area contributed by atoms with Gasteiger partial charge in [0.1, 0.15) is 5.75 Å². The van der Waals surface area contributed by atoms with Crippen LogP contribution in [0.25, 0.3) is 5.52 Å². The van der Waals surface area contributed by atoms with Crippen LogP contribution < -0.4 is 9.74 Å². The zero-order chi connectivity index (χ0) is 8.55. The van der Waals surface area contributed by atoms with E-state index in [-0.39, 0.29) is 0 Å². The predicted octanol–water partition coefficient (Wildman–Crippen LogP) is 0.195. The minimum absolute atomic E-state index is 0.803. The molecule has 0 saturated carbocycles. The third kappa shape index (κ3) is 0.998. The number of pyridine rings is 1. The van der Waals surface area contributed by atoms with Gasteiger partial charge in [-0.25, -0.2) is 0 Å². The van der Waals surface area contributed by atoms with Crippen LogP contribution in [-0.4, -0.2) is 25.1 Å². The first-order valence-electron chi connectivity index (χ1n) is 3.48. The quantitative estimate of drug-likeness (QED) is 0.581. The Morgan fingerprint density at radius 3 is 2.92 bits per heavy atom. The van der Waals surface area contributed by atoms with Crippen LogP contribution in [0.4, 0.5) is 0 Å². The molecule has 2 nitrogen and oxygen atoms in total. The van der Waals surface area contributed by atoms with E-state index in [1.165, 1.54) is 0 Å². The van der Waals surface area contributed by atoms with Gasteiger partial charge in [0.05, 0.1) is 15.8 Å². The fourth-order valence-electron chi connectivity index (χ4n) is 1.20. The highest BCUT2D eigenvalue weighted by Gasteiger charge is 2.03. The lowest BCUT2D eigenvalue weighted by atomic mass is 10.4. The lowest BCUT2D eigenvalue weighted by Gasteiger charge is -1.97. The summed E-state index contributed by atoms with van der Waals surface area (Å²) in [6.45, 7) is 0. The van der Waals surface area contributed by atoms with Gasteiger partial charge < -0.3 is 8.83 Å². The molecule has 0 amide bonds. The summed E-state index contributed by atoms with van der Waals surface area (Å²) < 4.78 is 6.99. The normalized spacial score (nSPS) is 10.5. The van der Waals surface area contributed by atoms with Crippen molar-refractivity contribution in [3.8, 4) is 5.75 Å². The van der Waals surface area contributed by atoms with Crippen LogP contribution in [0.15, 0.2) is 30.5 Å². The maximum atomic E-state index is 5.00. The van der Waals surface area contributed by atoms with Gasteiger partial charge in [-0.2, -0.15) is 0 Å². The summed E-state index contributed by atoms with van der Waals surface area (Å²) in [6.07, 6.45) is 1.96. The molecule has 12 heavy (non-hydrogen) atoms. The molecule has 0 bridgehead atoms. The van der Waals surface area contributed by atoms with Gasteiger partial charge in [0.25, 0.3) is 0 Å². The fraction of sp³-hybridized carbons (Fsp3) is 0. The number of hydrogen-bond donors (Lipinski definition) is 0. The first kappa shape index (κ1) is 7.63. The zero-order valence-corrected chi connectivity index (χ0v) is 8.24. The minimum atomic E-state index is 0.803. The summed E-state index contributed by atoms with van der Waals surface area (Å²) in [5, 5.41) is 0.971. The topological polar surface area (TPSA) is 13.6 Å². The number of rotatable bonds is 1. The highest BCUT2D eigenvalue weighted by Crippen LogP contribution is 2.17. The third-order valence-corrected chi connectivity index (χ3v) is 2.35. The van der Waals surface area contributed by atoms with E-state index in [0.717, 1.165) is 16.6 Å². The average molecular weight is 187 g/mol. The second-order valence-corrected chi connectivity index (χ2v) is 3.17. The van der Waals surface area contributed by atoms with Crippen molar-refractivity contribution in [2.45, 2.75) is 0 Å². The molecule has 56 valence electrons. The first-order chi connectivity index (χ1) is 5.83. The average Bonchev–Trinajstić information content (AvgIpc) is 2.44. The molecule has 0 unspecified atom stereocenters. The summed E-state index contributed by atoms with van der Waals surface area (Å²) in [4.78, 5) is 0. The Labute approximate surface area is 77.1 Å². The maximum absolute atomic E-state index is 5.00. The molecule has 2 rings (SSSR count). The molecule has 6 radical (unpaired) electrons. The summed E-state index contributed by atoms with van der Waals surface area (Å²) in [7, 11) is 6.48. The second-order valence-electron chi connectivity index (χ2n) is 2.45. The molecule has 2 aromatic rings. The molecule has 0 aliphatic rings. The lowest BCUT2D eigenvalue weighted by molar-refractivity contribution is 0.624. The Balaban J connectivity index is 2.82. The van der Waals surface area contributed by atoms with Gasteiger partial charge in [-0.1, -0.05) is 6.07 Å². The molecule has 0 aromatic carbocycles. The first-order valence-corrected chi connectivity index (χ1v) is 4.39. The van der Waals surface area contributed by atoms with Crippen LogP contribution in [0, 0.1) is 0 Å². The van der Waals surface area contributed by atoms with Crippen LogP contribution in [0.3, 0.4) is 0 Å². The van der Waals surface area contributed by atoms with Crippen molar-refractivity contribution in [2.24, 2.45) is 0 Å². The number of nitrogens with zero attached hydrogens (tertiary/aromatic N) is 1. The van der Waals surface area contributed by atoms with Gasteiger partial charge in [-0.15, -0.1) is 0 Å². The van der Waals surface area contributed by atoms with Crippen molar-refractivity contribution in [2.75, 3.05) is 0 Å². The summed E-state index contributed by atoms with van der Waals surface area (Å²) >= 11 is 0. The Bertz CT molecular complexity index is 410. The van der Waals surface area contributed by atoms with Gasteiger partial charge in [0.2, 0.25) is 0 Å². The van der Waals surface area contributed by atoms with Gasteiger partial charge in [0, 0.05) is 11.5 Å². The lowest BCUT2D eigenvalue weighted by Crippen LogP contribution is -2.07. The minimum Gasteiger partial charge on any atom is -0.539 e. The highest BCUT2D eigenvalue weighted by molar-refractivity contribution is 6.31. The largest absolute Gasteiger partial charge is 0.539 e. The van der Waals surface area contributed by atoms with E-state index in [2.05, 4.69) is 20.7 Å². The third-order valence-electron chi connectivity index (χ3n) is 1.75. The molecular formula is C8H5NOSi2. The zero-order valence-electron chi connectivity index (χ0n) is 6.24. The summed E-state index contributed by atoms with van der Waals surface area (Å²) in [5.74, 6) is 0.803. The Hall–Kier alpha value is -1.01. The molecule has 2 aromatic heterocycles. The van der Waals surface area contributed by atoms with Gasteiger partial charge in [0.15, 0.2) is 0 Å². The van der Waals surface area contributed by atoms with Crippen LogP contribution in [0.2, 0.25) is 0 Å². The monoisotopic (exact) mass is 187 g/mol. The maximum Gasteiger partial charge on any atom is 0.341 e. The van der Waals surface area contributed by atoms with Crippen molar-refractivity contribution in [1.82, 2.24) is 4.40 Å². The standard InChI is InChI=1S/C8H5NOSi2/c11-8-5-7(10-12)6-3-1-2-4-9(6)8/h1-5H. The van der Waals surface area contributed by atoms with Crippen molar-refractivity contribution < 1.29 is 4.43 Å². The Morgan fingerprint density at radius 2 is 2.17 bits per heavy atom. The van der Waals surface area contributed by atoms with Crippen LogP contribution in [0.5, 0.6) is 5.75 Å². The molecular weight excluding hydrogens is 182 g/mol. The van der Waals surface area contributed by atoms with E-state index in [0.29, 0.717) is 0 Å². The van der Waals surface area contributed by atoms with E-state index in [9.17, 15) is 0 Å². The molecule has 0 saturated heterocycles. The van der Waals surface area contributed by atoms with Crippen molar-refractivity contribution in [3.05, 3.63) is 30.5 Å². The number of hydrogen-bond acceptors (Lipinski definition) is 1. The Kier molecular flexibility index (Phi) is 1.78. The molecule has 2 heterocycles. The molecule has 0 aliphatic carbocycles. The van der Waals surface area contributed by atoms with Gasteiger partial charge >= 0.3 is 10.5 Å². The van der Waals surface area contributed by atoms with Gasteiger partial charge in [-0.05, 0) is 18.2 Å². The molecule has 0 spiro atoms. The van der Waals surface area contributed by atoms with Crippen LogP contribution >= 0.6 is 0 Å². The highest BCUT2D eigenvalue weighted by atomic mass is 28.2. The van der Waals surface area contributed by atoms with Crippen molar-refractivity contribution >= 4 is 31.6 Å². The molecule has 0 fully saturated rings. The predicted molar refractivity (Wildman–Crippen MR) is 49.2 cm³/mol. The SMILES string of the molecule is [Si]Oc1cc([Si])n2ccccc12. The van der Waals surface area contributed by atoms with E-state index < -0.39 is 0 Å². The fourth-order valence-corrected chi connectivity index (χ4v) is 1.69. The summed E-state index contributed by atoms with van der Waals surface area (Å²) in [5.41, 5.74) is 1.03. The van der Waals surface area contributed by atoms with E-state index in [1.54, 1.807) is 0 Å². The molecule has 4 heteroatoms. The van der Waals surface area contributed by atoms with E-state index in [4.69, 9.17) is 4.43 Å². The van der Waals surface area contributed by atoms with Crippen molar-refractivity contribution in [3.63, 3.8) is 0 Å². The Morgan fingerprint density at radius 1 is 1.33 bits per heavy atom. The van der Waals surface area contributed by atoms with Crippen LogP contribution in [-0.2, 0) is 0 Å². The number of fused-ring (bicyclic) bond motifs is 1. The van der Waals surface area contributed by atoms with E-state index in [1.807, 2.05) is 34.9 Å². The van der Waals surface area contributed by atoms with Gasteiger partial charge in [-0.3, -0.25) is 0 Å². The van der Waals surface area contributed by atoms with Crippen molar-refractivity contribution in [1.29, 1.82) is 0 Å².